The quantitative estimate of drug-likeness (QED) is 0.654. The van der Waals surface area contributed by atoms with Gasteiger partial charge in [0.05, 0.1) is 11.5 Å². The van der Waals surface area contributed by atoms with Crippen LogP contribution in [0.3, 0.4) is 0 Å². The molecule has 1 unspecified atom stereocenters. The zero-order chi connectivity index (χ0) is 13.2. The second-order valence-corrected chi connectivity index (χ2v) is 5.34. The largest absolute Gasteiger partial charge is 0.454 e. The molecular weight excluding hydrogens is 266 g/mol. The monoisotopic (exact) mass is 277 g/mol. The Morgan fingerprint density at radius 3 is 3.05 bits per heavy atom. The van der Waals surface area contributed by atoms with E-state index in [1.54, 1.807) is 6.21 Å². The molecule has 1 fully saturated rings. The third kappa shape index (κ3) is 2.55. The van der Waals surface area contributed by atoms with Gasteiger partial charge < -0.3 is 14.8 Å². The summed E-state index contributed by atoms with van der Waals surface area (Å²) in [4.78, 5) is 11.3. The van der Waals surface area contributed by atoms with E-state index in [0.717, 1.165) is 11.3 Å². The van der Waals surface area contributed by atoms with Crippen LogP contribution in [-0.4, -0.2) is 29.3 Å². The molecule has 2 heterocycles. The van der Waals surface area contributed by atoms with Crippen LogP contribution in [0, 0.1) is 0 Å². The highest BCUT2D eigenvalue weighted by Gasteiger charge is 2.25. The SMILES string of the molecule is CC1S/C(=N/N=Cc2ccc3c(c2)OCO3)NC1=O. The minimum absolute atomic E-state index is 0.0398. The van der Waals surface area contributed by atoms with E-state index in [2.05, 4.69) is 15.5 Å². The molecule has 0 aliphatic carbocycles. The number of carbonyl (C=O) groups excluding carboxylic acids is 1. The van der Waals surface area contributed by atoms with E-state index >= 15 is 0 Å². The molecule has 3 rings (SSSR count). The third-order valence-electron chi connectivity index (χ3n) is 2.64. The van der Waals surface area contributed by atoms with E-state index in [1.807, 2.05) is 25.1 Å². The van der Waals surface area contributed by atoms with Crippen LogP contribution >= 0.6 is 11.8 Å². The zero-order valence-electron chi connectivity index (χ0n) is 10.1. The Balaban J connectivity index is 1.70. The molecule has 0 aromatic heterocycles. The van der Waals surface area contributed by atoms with Crippen molar-refractivity contribution in [1.82, 2.24) is 5.32 Å². The highest BCUT2D eigenvalue weighted by atomic mass is 32.2. The predicted molar refractivity (Wildman–Crippen MR) is 72.8 cm³/mol. The molecule has 1 N–H and O–H groups in total. The van der Waals surface area contributed by atoms with Crippen molar-refractivity contribution in [3.8, 4) is 11.5 Å². The molecule has 6 nitrogen and oxygen atoms in total. The lowest BCUT2D eigenvalue weighted by Crippen LogP contribution is -2.23. The fourth-order valence-electron chi connectivity index (χ4n) is 1.65. The summed E-state index contributed by atoms with van der Waals surface area (Å²) in [7, 11) is 0. The Hall–Kier alpha value is -2.02. The van der Waals surface area contributed by atoms with Crippen molar-refractivity contribution in [3.05, 3.63) is 23.8 Å². The molecular formula is C12H11N3O3S. The number of benzene rings is 1. The van der Waals surface area contributed by atoms with E-state index < -0.39 is 0 Å². The molecule has 0 spiro atoms. The molecule has 0 saturated carbocycles. The summed E-state index contributed by atoms with van der Waals surface area (Å²) in [6, 6.07) is 5.51. The van der Waals surface area contributed by atoms with Crippen molar-refractivity contribution in [1.29, 1.82) is 0 Å². The van der Waals surface area contributed by atoms with E-state index in [4.69, 9.17) is 9.47 Å². The van der Waals surface area contributed by atoms with Crippen molar-refractivity contribution < 1.29 is 14.3 Å². The van der Waals surface area contributed by atoms with Gasteiger partial charge in [0.2, 0.25) is 12.7 Å². The number of ether oxygens (including phenoxy) is 2. The van der Waals surface area contributed by atoms with Gasteiger partial charge in [-0.2, -0.15) is 5.10 Å². The predicted octanol–water partition coefficient (Wildman–Crippen LogP) is 1.36. The van der Waals surface area contributed by atoms with Gasteiger partial charge in [-0.1, -0.05) is 11.8 Å². The second kappa shape index (κ2) is 4.93. The first-order valence-corrected chi connectivity index (χ1v) is 6.58. The van der Waals surface area contributed by atoms with E-state index in [0.29, 0.717) is 10.9 Å². The van der Waals surface area contributed by atoms with Crippen LogP contribution < -0.4 is 14.8 Å². The highest BCUT2D eigenvalue weighted by molar-refractivity contribution is 8.15. The third-order valence-corrected chi connectivity index (χ3v) is 3.61. The number of carbonyl (C=O) groups is 1. The Kier molecular flexibility index (Phi) is 3.12. The van der Waals surface area contributed by atoms with Crippen LogP contribution in [0.4, 0.5) is 0 Å². The Morgan fingerprint density at radius 2 is 2.26 bits per heavy atom. The first-order valence-electron chi connectivity index (χ1n) is 5.70. The molecule has 0 radical (unpaired) electrons. The standard InChI is InChI=1S/C12H11N3O3S/c1-7-11(16)14-12(19-7)15-13-5-8-2-3-9-10(4-8)18-6-17-9/h2-5,7H,6H2,1H3,(H,14,15,16). The van der Waals surface area contributed by atoms with Crippen molar-refractivity contribution in [2.45, 2.75) is 12.2 Å². The maximum atomic E-state index is 11.3. The maximum Gasteiger partial charge on any atom is 0.239 e. The van der Waals surface area contributed by atoms with Crippen LogP contribution in [0.5, 0.6) is 11.5 Å². The average molecular weight is 277 g/mol. The zero-order valence-corrected chi connectivity index (χ0v) is 10.9. The summed E-state index contributed by atoms with van der Waals surface area (Å²) in [6.07, 6.45) is 1.60. The molecule has 0 bridgehead atoms. The minimum atomic E-state index is -0.112. The summed E-state index contributed by atoms with van der Waals surface area (Å²) in [6.45, 7) is 2.07. The van der Waals surface area contributed by atoms with Crippen LogP contribution in [0.25, 0.3) is 0 Å². The molecule has 1 atom stereocenters. The average Bonchev–Trinajstić information content (AvgIpc) is 2.96. The first kappa shape index (κ1) is 12.0. The van der Waals surface area contributed by atoms with Crippen LogP contribution in [0.2, 0.25) is 0 Å². The van der Waals surface area contributed by atoms with Crippen LogP contribution in [-0.2, 0) is 4.79 Å². The number of amidine groups is 1. The number of fused-ring (bicyclic) bond motifs is 1. The van der Waals surface area contributed by atoms with Crippen molar-refractivity contribution >= 4 is 29.1 Å². The number of nitrogens with zero attached hydrogens (tertiary/aromatic N) is 2. The molecule has 2 aliphatic heterocycles. The Labute approximate surface area is 113 Å². The van der Waals surface area contributed by atoms with Crippen molar-refractivity contribution in [2.75, 3.05) is 6.79 Å². The first-order chi connectivity index (χ1) is 9.22. The number of thioether (sulfide) groups is 1. The molecule has 19 heavy (non-hydrogen) atoms. The molecule has 1 aromatic carbocycles. The maximum absolute atomic E-state index is 11.3. The van der Waals surface area contributed by atoms with Gasteiger partial charge in [-0.25, -0.2) is 0 Å². The summed E-state index contributed by atoms with van der Waals surface area (Å²) >= 11 is 1.36. The van der Waals surface area contributed by atoms with Gasteiger partial charge in [-0.3, -0.25) is 4.79 Å². The summed E-state index contributed by atoms with van der Waals surface area (Å²) in [5, 5.41) is 11.0. The van der Waals surface area contributed by atoms with Gasteiger partial charge in [-0.15, -0.1) is 5.10 Å². The second-order valence-electron chi connectivity index (χ2n) is 4.01. The molecule has 1 aromatic rings. The molecule has 2 aliphatic rings. The number of amides is 1. The van der Waals surface area contributed by atoms with Gasteiger partial charge in [0, 0.05) is 0 Å². The lowest BCUT2D eigenvalue weighted by atomic mass is 10.2. The van der Waals surface area contributed by atoms with Gasteiger partial charge in [-0.05, 0) is 30.7 Å². The normalized spacial score (nSPS) is 23.3. The Bertz CT molecular complexity index is 586. The molecule has 1 amide bonds. The Morgan fingerprint density at radius 1 is 1.42 bits per heavy atom. The fourth-order valence-corrected chi connectivity index (χ4v) is 2.40. The number of hydrogen-bond donors (Lipinski definition) is 1. The topological polar surface area (TPSA) is 72.3 Å². The highest BCUT2D eigenvalue weighted by Crippen LogP contribution is 2.32. The van der Waals surface area contributed by atoms with Crippen LogP contribution in [0.1, 0.15) is 12.5 Å². The summed E-state index contributed by atoms with van der Waals surface area (Å²) in [5.74, 6) is 1.40. The molecule has 98 valence electrons. The lowest BCUT2D eigenvalue weighted by molar-refractivity contribution is -0.118. The van der Waals surface area contributed by atoms with Crippen LogP contribution in [0.15, 0.2) is 28.4 Å². The lowest BCUT2D eigenvalue weighted by Gasteiger charge is -1.96. The molecule has 7 heteroatoms. The van der Waals surface area contributed by atoms with Gasteiger partial charge in [0.25, 0.3) is 0 Å². The summed E-state index contributed by atoms with van der Waals surface area (Å²) < 4.78 is 10.5. The number of hydrogen-bond acceptors (Lipinski definition) is 6. The summed E-state index contributed by atoms with van der Waals surface area (Å²) in [5.41, 5.74) is 0.857. The fraction of sp³-hybridized carbons (Fsp3) is 0.250. The smallest absolute Gasteiger partial charge is 0.239 e. The number of nitrogens with one attached hydrogen (secondary N) is 1. The van der Waals surface area contributed by atoms with Gasteiger partial charge in [0.1, 0.15) is 0 Å². The van der Waals surface area contributed by atoms with Crippen molar-refractivity contribution in [2.24, 2.45) is 10.2 Å². The minimum Gasteiger partial charge on any atom is -0.454 e. The van der Waals surface area contributed by atoms with Gasteiger partial charge in [0.15, 0.2) is 16.7 Å². The number of rotatable bonds is 2. The molecule has 1 saturated heterocycles. The van der Waals surface area contributed by atoms with E-state index in [1.165, 1.54) is 11.8 Å². The van der Waals surface area contributed by atoms with Gasteiger partial charge >= 0.3 is 0 Å². The van der Waals surface area contributed by atoms with Crippen molar-refractivity contribution in [3.63, 3.8) is 0 Å². The van der Waals surface area contributed by atoms with E-state index in [-0.39, 0.29) is 18.0 Å². The van der Waals surface area contributed by atoms with E-state index in [9.17, 15) is 4.79 Å².